The molecular formula is C18H26F2O2S. The van der Waals surface area contributed by atoms with E-state index >= 15 is 0 Å². The van der Waals surface area contributed by atoms with E-state index in [1.165, 1.54) is 13.2 Å². The van der Waals surface area contributed by atoms with Crippen LogP contribution in [-0.4, -0.2) is 13.1 Å². The molecule has 0 fully saturated rings. The highest BCUT2D eigenvalue weighted by atomic mass is 32.2. The molecule has 1 aromatic rings. The van der Waals surface area contributed by atoms with Crippen LogP contribution in [-0.2, 0) is 9.53 Å². The highest BCUT2D eigenvalue weighted by Gasteiger charge is 2.17. The Hall–Kier alpha value is -1.62. The average molecular weight is 344 g/mol. The number of methoxy groups -OCH3 is 1. The molecule has 23 heavy (non-hydrogen) atoms. The Morgan fingerprint density at radius 2 is 1.70 bits per heavy atom. The van der Waals surface area contributed by atoms with Crippen LogP contribution in [0.5, 0.6) is 0 Å². The van der Waals surface area contributed by atoms with Gasteiger partial charge in [-0.15, -0.1) is 0 Å². The van der Waals surface area contributed by atoms with Crippen molar-refractivity contribution >= 4 is 22.6 Å². The van der Waals surface area contributed by atoms with E-state index in [1.54, 1.807) is 6.08 Å². The van der Waals surface area contributed by atoms with Crippen molar-refractivity contribution in [2.75, 3.05) is 7.11 Å². The van der Waals surface area contributed by atoms with E-state index in [2.05, 4.69) is 11.3 Å². The van der Waals surface area contributed by atoms with Crippen LogP contribution in [0.25, 0.3) is 4.91 Å². The lowest BCUT2D eigenvalue weighted by molar-refractivity contribution is -0.135. The Kier molecular flexibility index (Phi) is 14.4. The number of carbonyl (C=O) groups excluding carboxylic acids is 1. The van der Waals surface area contributed by atoms with Crippen LogP contribution in [0.1, 0.15) is 46.6 Å². The maximum atomic E-state index is 13.6. The first-order valence-electron chi connectivity index (χ1n) is 7.60. The molecule has 0 radical (unpaired) electrons. The number of hydrogen-bond acceptors (Lipinski definition) is 3. The van der Waals surface area contributed by atoms with Crippen LogP contribution >= 0.6 is 11.8 Å². The van der Waals surface area contributed by atoms with E-state index in [0.717, 1.165) is 23.9 Å². The van der Waals surface area contributed by atoms with E-state index in [1.807, 2.05) is 34.6 Å². The van der Waals surface area contributed by atoms with Crippen LogP contribution < -0.4 is 0 Å². The third-order valence-corrected chi connectivity index (χ3v) is 3.25. The van der Waals surface area contributed by atoms with Gasteiger partial charge in [-0.05, 0) is 18.6 Å². The van der Waals surface area contributed by atoms with Gasteiger partial charge in [0.2, 0.25) is 0 Å². The van der Waals surface area contributed by atoms with E-state index in [4.69, 9.17) is 0 Å². The molecule has 0 amide bonds. The zero-order valence-corrected chi connectivity index (χ0v) is 15.5. The summed E-state index contributed by atoms with van der Waals surface area (Å²) in [5, 5.41) is 0. The van der Waals surface area contributed by atoms with Crippen molar-refractivity contribution in [1.82, 2.24) is 0 Å². The Morgan fingerprint density at radius 3 is 2.09 bits per heavy atom. The van der Waals surface area contributed by atoms with E-state index in [-0.39, 0.29) is 15.4 Å². The molecule has 0 bridgehead atoms. The summed E-state index contributed by atoms with van der Waals surface area (Å²) in [5.41, 5.74) is -0.224. The van der Waals surface area contributed by atoms with E-state index in [0.29, 0.717) is 6.42 Å². The molecule has 1 aromatic carbocycles. The van der Waals surface area contributed by atoms with Gasteiger partial charge in [-0.3, -0.25) is 0 Å². The number of rotatable bonds is 5. The van der Waals surface area contributed by atoms with Gasteiger partial charge in [0.15, 0.2) is 0 Å². The zero-order chi connectivity index (χ0) is 18.4. The molecule has 0 atom stereocenters. The van der Waals surface area contributed by atoms with Crippen molar-refractivity contribution in [1.29, 1.82) is 0 Å². The first-order valence-corrected chi connectivity index (χ1v) is 8.42. The first-order chi connectivity index (χ1) is 11.0. The van der Waals surface area contributed by atoms with Crippen molar-refractivity contribution < 1.29 is 18.3 Å². The maximum Gasteiger partial charge on any atom is 0.344 e. The summed E-state index contributed by atoms with van der Waals surface area (Å²) in [5.74, 6) is -1.97. The summed E-state index contributed by atoms with van der Waals surface area (Å²) >= 11 is 0.896. The largest absolute Gasteiger partial charge is 0.465 e. The van der Waals surface area contributed by atoms with Gasteiger partial charge >= 0.3 is 5.97 Å². The predicted octanol–water partition coefficient (Wildman–Crippen LogP) is 6.19. The van der Waals surface area contributed by atoms with Crippen LogP contribution in [0, 0.1) is 11.6 Å². The van der Waals surface area contributed by atoms with Crippen LogP contribution in [0.15, 0.2) is 35.8 Å². The Morgan fingerprint density at radius 1 is 1.22 bits per heavy atom. The summed E-state index contributed by atoms with van der Waals surface area (Å²) in [6.07, 6.45) is 2.23. The molecule has 0 unspecified atom stereocenters. The summed E-state index contributed by atoms with van der Waals surface area (Å²) in [6.45, 7) is 13.5. The van der Waals surface area contributed by atoms with Crippen molar-refractivity contribution in [2.24, 2.45) is 0 Å². The molecule has 1 rings (SSSR count). The molecule has 0 saturated heterocycles. The molecule has 0 heterocycles. The van der Waals surface area contributed by atoms with Gasteiger partial charge < -0.3 is 4.74 Å². The molecule has 0 N–H and O–H groups in total. The minimum Gasteiger partial charge on any atom is -0.465 e. The smallest absolute Gasteiger partial charge is 0.344 e. The number of halogens is 2. The zero-order valence-electron chi connectivity index (χ0n) is 14.7. The van der Waals surface area contributed by atoms with Gasteiger partial charge in [0, 0.05) is 4.91 Å². The number of benzene rings is 1. The third kappa shape index (κ3) is 7.98. The monoisotopic (exact) mass is 344 g/mol. The van der Waals surface area contributed by atoms with Gasteiger partial charge in [0.1, 0.15) is 11.6 Å². The molecule has 130 valence electrons. The number of esters is 1. The summed E-state index contributed by atoms with van der Waals surface area (Å²) in [7, 11) is 1.25. The Balaban J connectivity index is 0. The molecule has 0 aromatic heterocycles. The van der Waals surface area contributed by atoms with Gasteiger partial charge in [-0.1, -0.05) is 65.1 Å². The van der Waals surface area contributed by atoms with Crippen molar-refractivity contribution in [3.05, 3.63) is 53.0 Å². The van der Waals surface area contributed by atoms with Crippen molar-refractivity contribution in [3.63, 3.8) is 0 Å². The molecule has 0 aliphatic heterocycles. The summed E-state index contributed by atoms with van der Waals surface area (Å²) in [6, 6.07) is 3.56. The maximum absolute atomic E-state index is 13.6. The second kappa shape index (κ2) is 14.0. The number of ether oxygens (including phenoxy) is 1. The lowest BCUT2D eigenvalue weighted by Gasteiger charge is -2.09. The van der Waals surface area contributed by atoms with Crippen LogP contribution in [0.3, 0.4) is 0 Å². The Bertz CT molecular complexity index is 506. The lowest BCUT2D eigenvalue weighted by Crippen LogP contribution is -2.02. The van der Waals surface area contributed by atoms with Gasteiger partial charge in [-0.25, -0.2) is 13.6 Å². The Labute approximate surface area is 142 Å². The molecule has 0 spiro atoms. The van der Waals surface area contributed by atoms with Crippen LogP contribution in [0.4, 0.5) is 8.78 Å². The minimum absolute atomic E-state index is 0.126. The van der Waals surface area contributed by atoms with E-state index < -0.39 is 17.6 Å². The van der Waals surface area contributed by atoms with Crippen molar-refractivity contribution in [3.8, 4) is 0 Å². The normalized spacial score (nSPS) is 9.83. The number of carbonyl (C=O) groups is 1. The van der Waals surface area contributed by atoms with Gasteiger partial charge in [-0.2, -0.15) is 0 Å². The fraction of sp³-hybridized carbons (Fsp3) is 0.389. The topological polar surface area (TPSA) is 26.3 Å². The highest BCUT2D eigenvalue weighted by Crippen LogP contribution is 2.35. The van der Waals surface area contributed by atoms with Gasteiger partial charge in [0.25, 0.3) is 0 Å². The highest BCUT2D eigenvalue weighted by molar-refractivity contribution is 8.12. The standard InChI is InChI=1S/C14H14F2O2S.2C2H6/c1-4-6-12(14(17)18-3)19-9(2)13-10(15)7-5-8-11(13)16;2*1-2/h5-8H,2,4H2,1,3H3;2*1-2H3/b12-6-;;. The quantitative estimate of drug-likeness (QED) is 0.471. The molecule has 0 aliphatic carbocycles. The number of allylic oxidation sites excluding steroid dienone is 1. The molecule has 2 nitrogen and oxygen atoms in total. The first kappa shape index (κ1) is 23.6. The summed E-state index contributed by atoms with van der Waals surface area (Å²) < 4.78 is 31.7. The second-order valence-electron chi connectivity index (χ2n) is 3.59. The number of hydrogen-bond donors (Lipinski definition) is 0. The molecule has 5 heteroatoms. The van der Waals surface area contributed by atoms with Crippen LogP contribution in [0.2, 0.25) is 0 Å². The minimum atomic E-state index is -0.710. The average Bonchev–Trinajstić information content (AvgIpc) is 2.57. The van der Waals surface area contributed by atoms with Crippen molar-refractivity contribution in [2.45, 2.75) is 41.0 Å². The third-order valence-electron chi connectivity index (χ3n) is 2.25. The van der Waals surface area contributed by atoms with E-state index in [9.17, 15) is 13.6 Å². The number of thioether (sulfide) groups is 1. The van der Waals surface area contributed by atoms with Gasteiger partial charge in [0.05, 0.1) is 17.6 Å². The summed E-state index contributed by atoms with van der Waals surface area (Å²) in [4.78, 5) is 11.9. The molecule has 0 saturated carbocycles. The molecule has 0 aliphatic rings. The fourth-order valence-corrected chi connectivity index (χ4v) is 2.38. The SMILES string of the molecule is C=C(S/C(=C\CC)C(=O)OC)c1c(F)cccc1F.CC.CC. The predicted molar refractivity (Wildman–Crippen MR) is 96.1 cm³/mol. The molecular weight excluding hydrogens is 318 g/mol. The fourth-order valence-electron chi connectivity index (χ4n) is 1.40. The lowest BCUT2D eigenvalue weighted by atomic mass is 10.2. The second-order valence-corrected chi connectivity index (χ2v) is 4.73.